The average molecular weight is 244 g/mol. The highest BCUT2D eigenvalue weighted by molar-refractivity contribution is 5.69. The molecule has 4 nitrogen and oxygen atoms in total. The first-order valence-corrected chi connectivity index (χ1v) is 6.63. The Morgan fingerprint density at radius 1 is 1.39 bits per heavy atom. The van der Waals surface area contributed by atoms with Gasteiger partial charge in [-0.2, -0.15) is 5.26 Å². The van der Waals surface area contributed by atoms with Gasteiger partial charge in [0.05, 0.1) is 11.3 Å². The molecule has 2 unspecified atom stereocenters. The third kappa shape index (κ3) is 2.73. The van der Waals surface area contributed by atoms with Crippen molar-refractivity contribution in [1.82, 2.24) is 4.98 Å². The van der Waals surface area contributed by atoms with Crippen molar-refractivity contribution in [3.8, 4) is 6.07 Å². The highest BCUT2D eigenvalue weighted by atomic mass is 15.0. The zero-order valence-corrected chi connectivity index (χ0v) is 10.8. The van der Waals surface area contributed by atoms with Crippen LogP contribution in [0.5, 0.6) is 0 Å². The second kappa shape index (κ2) is 5.72. The van der Waals surface area contributed by atoms with E-state index < -0.39 is 0 Å². The fourth-order valence-electron chi connectivity index (χ4n) is 2.57. The normalized spacial score (nSPS) is 24.0. The Morgan fingerprint density at radius 3 is 2.94 bits per heavy atom. The Morgan fingerprint density at radius 2 is 2.17 bits per heavy atom. The maximum atomic E-state index is 8.96. The minimum Gasteiger partial charge on any atom is -0.395 e. The van der Waals surface area contributed by atoms with E-state index in [1.165, 1.54) is 25.7 Å². The molecule has 1 aliphatic carbocycles. The Kier molecular flexibility index (Phi) is 4.03. The van der Waals surface area contributed by atoms with E-state index in [9.17, 15) is 0 Å². The van der Waals surface area contributed by atoms with Gasteiger partial charge in [0.1, 0.15) is 6.07 Å². The van der Waals surface area contributed by atoms with Crippen molar-refractivity contribution in [1.29, 1.82) is 5.26 Å². The lowest BCUT2D eigenvalue weighted by atomic mass is 9.97. The minimum atomic E-state index is 0.413. The van der Waals surface area contributed by atoms with Crippen molar-refractivity contribution in [3.05, 3.63) is 17.8 Å². The molecule has 1 saturated carbocycles. The summed E-state index contributed by atoms with van der Waals surface area (Å²) in [4.78, 5) is 4.26. The van der Waals surface area contributed by atoms with Crippen LogP contribution in [0.3, 0.4) is 0 Å². The van der Waals surface area contributed by atoms with Gasteiger partial charge in [0.2, 0.25) is 0 Å². The summed E-state index contributed by atoms with van der Waals surface area (Å²) in [6.07, 6.45) is 7.90. The van der Waals surface area contributed by atoms with Gasteiger partial charge in [-0.1, -0.05) is 26.2 Å². The standard InChI is InChI=1S/C14H20N4/c1-10-5-3-2-4-6-12(10)18-14-13(16)11(9-15)7-8-17-14/h7-8,10,12H,2-6,16H2,1H3,(H,17,18). The smallest absolute Gasteiger partial charge is 0.150 e. The van der Waals surface area contributed by atoms with Gasteiger partial charge in [-0.15, -0.1) is 0 Å². The van der Waals surface area contributed by atoms with Crippen molar-refractivity contribution in [2.75, 3.05) is 11.1 Å². The largest absolute Gasteiger partial charge is 0.395 e. The van der Waals surface area contributed by atoms with E-state index in [0.717, 1.165) is 6.42 Å². The van der Waals surface area contributed by atoms with Gasteiger partial charge in [0, 0.05) is 12.2 Å². The molecule has 2 rings (SSSR count). The molecule has 0 radical (unpaired) electrons. The third-order valence-corrected chi connectivity index (χ3v) is 3.79. The summed E-state index contributed by atoms with van der Waals surface area (Å²) in [7, 11) is 0. The van der Waals surface area contributed by atoms with E-state index in [0.29, 0.717) is 29.0 Å². The zero-order chi connectivity index (χ0) is 13.0. The lowest BCUT2D eigenvalue weighted by Gasteiger charge is -2.24. The zero-order valence-electron chi connectivity index (χ0n) is 10.8. The molecule has 18 heavy (non-hydrogen) atoms. The van der Waals surface area contributed by atoms with Gasteiger partial charge < -0.3 is 11.1 Å². The molecule has 0 aromatic carbocycles. The lowest BCUT2D eigenvalue weighted by molar-refractivity contribution is 0.456. The first kappa shape index (κ1) is 12.7. The van der Waals surface area contributed by atoms with Gasteiger partial charge in [-0.25, -0.2) is 4.98 Å². The maximum absolute atomic E-state index is 8.96. The highest BCUT2D eigenvalue weighted by Gasteiger charge is 2.21. The number of nitrogens with zero attached hydrogens (tertiary/aromatic N) is 2. The van der Waals surface area contributed by atoms with E-state index in [-0.39, 0.29) is 0 Å². The van der Waals surface area contributed by atoms with Crippen LogP contribution in [0.25, 0.3) is 0 Å². The van der Waals surface area contributed by atoms with Crippen molar-refractivity contribution >= 4 is 11.5 Å². The lowest BCUT2D eigenvalue weighted by Crippen LogP contribution is -2.27. The van der Waals surface area contributed by atoms with E-state index in [2.05, 4.69) is 23.3 Å². The van der Waals surface area contributed by atoms with Gasteiger partial charge in [-0.05, 0) is 24.8 Å². The van der Waals surface area contributed by atoms with Crippen LogP contribution in [0, 0.1) is 17.2 Å². The molecule has 1 heterocycles. The molecule has 1 aromatic heterocycles. The second-order valence-corrected chi connectivity index (χ2v) is 5.10. The van der Waals surface area contributed by atoms with Gasteiger partial charge in [0.25, 0.3) is 0 Å². The van der Waals surface area contributed by atoms with Crippen LogP contribution in [0.4, 0.5) is 11.5 Å². The van der Waals surface area contributed by atoms with Crippen LogP contribution in [0.2, 0.25) is 0 Å². The number of aromatic nitrogens is 1. The fraction of sp³-hybridized carbons (Fsp3) is 0.571. The molecule has 0 spiro atoms. The molecular weight excluding hydrogens is 224 g/mol. The minimum absolute atomic E-state index is 0.413. The summed E-state index contributed by atoms with van der Waals surface area (Å²) < 4.78 is 0. The molecule has 0 bridgehead atoms. The molecular formula is C14H20N4. The van der Waals surface area contributed by atoms with Crippen LogP contribution in [0.1, 0.15) is 44.6 Å². The molecule has 1 aromatic rings. The predicted molar refractivity (Wildman–Crippen MR) is 73.0 cm³/mol. The van der Waals surface area contributed by atoms with E-state index >= 15 is 0 Å². The number of rotatable bonds is 2. The molecule has 2 atom stereocenters. The number of nitrogen functional groups attached to an aromatic ring is 1. The molecule has 0 saturated heterocycles. The molecule has 0 aliphatic heterocycles. The number of hydrogen-bond donors (Lipinski definition) is 2. The molecule has 4 heteroatoms. The van der Waals surface area contributed by atoms with E-state index in [1.807, 2.05) is 0 Å². The number of hydrogen-bond acceptors (Lipinski definition) is 4. The summed E-state index contributed by atoms with van der Waals surface area (Å²) in [6.45, 7) is 2.27. The summed E-state index contributed by atoms with van der Waals surface area (Å²) in [5.41, 5.74) is 6.91. The van der Waals surface area contributed by atoms with E-state index in [4.69, 9.17) is 11.0 Å². The Bertz CT molecular complexity index is 450. The molecule has 1 fully saturated rings. The first-order valence-electron chi connectivity index (χ1n) is 6.63. The monoisotopic (exact) mass is 244 g/mol. The quantitative estimate of drug-likeness (QED) is 0.784. The van der Waals surface area contributed by atoms with Crippen LogP contribution in [-0.4, -0.2) is 11.0 Å². The van der Waals surface area contributed by atoms with Crippen LogP contribution >= 0.6 is 0 Å². The Labute approximate surface area is 108 Å². The highest BCUT2D eigenvalue weighted by Crippen LogP contribution is 2.28. The van der Waals surface area contributed by atoms with Crippen molar-refractivity contribution in [2.45, 2.75) is 45.1 Å². The van der Waals surface area contributed by atoms with Crippen LogP contribution < -0.4 is 11.1 Å². The van der Waals surface area contributed by atoms with Crippen molar-refractivity contribution < 1.29 is 0 Å². The molecule has 1 aliphatic rings. The number of nitrogens with two attached hydrogens (primary N) is 1. The van der Waals surface area contributed by atoms with E-state index in [1.54, 1.807) is 12.3 Å². The van der Waals surface area contributed by atoms with Gasteiger partial charge >= 0.3 is 0 Å². The summed E-state index contributed by atoms with van der Waals surface area (Å²) in [5.74, 6) is 1.28. The Balaban J connectivity index is 2.15. The number of nitrogens with one attached hydrogen (secondary N) is 1. The van der Waals surface area contributed by atoms with Crippen molar-refractivity contribution in [3.63, 3.8) is 0 Å². The molecule has 0 amide bonds. The van der Waals surface area contributed by atoms with Crippen LogP contribution in [-0.2, 0) is 0 Å². The van der Waals surface area contributed by atoms with Gasteiger partial charge in [-0.3, -0.25) is 0 Å². The molecule has 3 N–H and O–H groups in total. The number of nitriles is 1. The second-order valence-electron chi connectivity index (χ2n) is 5.10. The number of anilines is 2. The van der Waals surface area contributed by atoms with Gasteiger partial charge in [0.15, 0.2) is 5.82 Å². The first-order chi connectivity index (χ1) is 8.72. The summed E-state index contributed by atoms with van der Waals surface area (Å²) in [5, 5.41) is 12.4. The summed E-state index contributed by atoms with van der Waals surface area (Å²) in [6, 6.07) is 4.15. The topological polar surface area (TPSA) is 74.7 Å². The van der Waals surface area contributed by atoms with Crippen molar-refractivity contribution in [2.24, 2.45) is 5.92 Å². The predicted octanol–water partition coefficient (Wildman–Crippen LogP) is 2.92. The summed E-state index contributed by atoms with van der Waals surface area (Å²) >= 11 is 0. The maximum Gasteiger partial charge on any atom is 0.150 e. The molecule has 96 valence electrons. The third-order valence-electron chi connectivity index (χ3n) is 3.79. The fourth-order valence-corrected chi connectivity index (χ4v) is 2.57. The SMILES string of the molecule is CC1CCCCCC1Nc1nccc(C#N)c1N. The number of pyridine rings is 1. The average Bonchev–Trinajstić information content (AvgIpc) is 2.57. The van der Waals surface area contributed by atoms with Crippen LogP contribution in [0.15, 0.2) is 12.3 Å². The Hall–Kier alpha value is -1.76.